The van der Waals surface area contributed by atoms with E-state index in [4.69, 9.17) is 5.26 Å². The van der Waals surface area contributed by atoms with Crippen molar-refractivity contribution in [1.82, 2.24) is 0 Å². The normalized spacial score (nSPS) is 15.1. The summed E-state index contributed by atoms with van der Waals surface area (Å²) >= 11 is 0. The summed E-state index contributed by atoms with van der Waals surface area (Å²) in [5, 5.41) is 9.08. The molecule has 1 aromatic carbocycles. The summed E-state index contributed by atoms with van der Waals surface area (Å²) in [4.78, 5) is 2.27. The number of hydrogen-bond acceptors (Lipinski definition) is 2. The molecule has 0 unspecified atom stereocenters. The van der Waals surface area contributed by atoms with Crippen molar-refractivity contribution in [1.29, 1.82) is 5.26 Å². The van der Waals surface area contributed by atoms with Gasteiger partial charge in [0, 0.05) is 13.1 Å². The molecule has 2 heteroatoms. The summed E-state index contributed by atoms with van der Waals surface area (Å²) in [6.07, 6.45) is 5.43. The number of nitrogens with zero attached hydrogens (tertiary/aromatic N) is 2. The van der Waals surface area contributed by atoms with E-state index >= 15 is 0 Å². The standard InChI is InChI=1S/C13H14N2/c1-11-6-5-7-12(10-14)13(11)15-8-3-2-4-9-15/h2-3,5-7H,4,8-9H2,1H3. The zero-order chi connectivity index (χ0) is 10.7. The molecule has 0 aromatic heterocycles. The van der Waals surface area contributed by atoms with Crippen LogP contribution in [0.25, 0.3) is 0 Å². The molecule has 0 radical (unpaired) electrons. The van der Waals surface area contributed by atoms with Crippen LogP contribution >= 0.6 is 0 Å². The third-order valence-corrected chi connectivity index (χ3v) is 2.73. The molecule has 1 aliphatic heterocycles. The Balaban J connectivity index is 2.42. The molecular formula is C13H14N2. The first-order chi connectivity index (χ1) is 7.33. The highest BCUT2D eigenvalue weighted by atomic mass is 15.1. The van der Waals surface area contributed by atoms with Gasteiger partial charge in [-0.05, 0) is 25.0 Å². The molecule has 1 aromatic rings. The van der Waals surface area contributed by atoms with Crippen molar-refractivity contribution < 1.29 is 0 Å². The monoisotopic (exact) mass is 198 g/mol. The molecule has 2 rings (SSSR count). The summed E-state index contributed by atoms with van der Waals surface area (Å²) in [6, 6.07) is 8.16. The number of nitriles is 1. The van der Waals surface area contributed by atoms with Gasteiger partial charge in [-0.15, -0.1) is 0 Å². The van der Waals surface area contributed by atoms with Crippen LogP contribution in [0.3, 0.4) is 0 Å². The van der Waals surface area contributed by atoms with Crippen molar-refractivity contribution in [2.24, 2.45) is 0 Å². The Labute approximate surface area is 90.4 Å². The van der Waals surface area contributed by atoms with Crippen molar-refractivity contribution in [3.8, 4) is 6.07 Å². The van der Waals surface area contributed by atoms with Crippen LogP contribution in [0, 0.1) is 18.3 Å². The minimum atomic E-state index is 0.783. The van der Waals surface area contributed by atoms with Crippen LogP contribution in [-0.4, -0.2) is 13.1 Å². The highest BCUT2D eigenvalue weighted by molar-refractivity contribution is 5.64. The van der Waals surface area contributed by atoms with Crippen LogP contribution in [0.1, 0.15) is 17.5 Å². The number of rotatable bonds is 1. The SMILES string of the molecule is Cc1cccc(C#N)c1N1CC=CCC1. The predicted molar refractivity (Wildman–Crippen MR) is 61.9 cm³/mol. The highest BCUT2D eigenvalue weighted by Crippen LogP contribution is 2.25. The number of hydrogen-bond donors (Lipinski definition) is 0. The summed E-state index contributed by atoms with van der Waals surface area (Å²) in [5.41, 5.74) is 3.07. The van der Waals surface area contributed by atoms with Gasteiger partial charge in [0.15, 0.2) is 0 Å². The fourth-order valence-corrected chi connectivity index (χ4v) is 2.01. The van der Waals surface area contributed by atoms with Gasteiger partial charge in [-0.3, -0.25) is 0 Å². The van der Waals surface area contributed by atoms with Crippen LogP contribution < -0.4 is 4.90 Å². The van der Waals surface area contributed by atoms with Crippen LogP contribution in [0.4, 0.5) is 5.69 Å². The molecule has 76 valence electrons. The average Bonchev–Trinajstić information content (AvgIpc) is 2.29. The maximum absolute atomic E-state index is 9.08. The van der Waals surface area contributed by atoms with E-state index in [9.17, 15) is 0 Å². The van der Waals surface area contributed by atoms with E-state index in [1.165, 1.54) is 5.56 Å². The molecule has 1 aliphatic rings. The van der Waals surface area contributed by atoms with Crippen LogP contribution in [-0.2, 0) is 0 Å². The molecule has 0 aliphatic carbocycles. The van der Waals surface area contributed by atoms with E-state index in [1.807, 2.05) is 12.1 Å². The topological polar surface area (TPSA) is 27.0 Å². The second-order valence-electron chi connectivity index (χ2n) is 3.79. The first-order valence-electron chi connectivity index (χ1n) is 5.22. The molecule has 0 saturated carbocycles. The molecule has 0 N–H and O–H groups in total. The van der Waals surface area contributed by atoms with Gasteiger partial charge >= 0.3 is 0 Å². The summed E-state index contributed by atoms with van der Waals surface area (Å²) in [6.45, 7) is 3.99. The molecule has 0 amide bonds. The van der Waals surface area contributed by atoms with E-state index in [1.54, 1.807) is 0 Å². The quantitative estimate of drug-likeness (QED) is 0.649. The number of para-hydroxylation sites is 1. The number of anilines is 1. The fraction of sp³-hybridized carbons (Fsp3) is 0.308. The minimum Gasteiger partial charge on any atom is -0.366 e. The van der Waals surface area contributed by atoms with E-state index in [2.05, 4.69) is 36.1 Å². The Kier molecular flexibility index (Phi) is 2.73. The van der Waals surface area contributed by atoms with Crippen LogP contribution in [0.2, 0.25) is 0 Å². The predicted octanol–water partition coefficient (Wildman–Crippen LogP) is 2.63. The Hall–Kier alpha value is -1.75. The lowest BCUT2D eigenvalue weighted by Crippen LogP contribution is -2.28. The van der Waals surface area contributed by atoms with Gasteiger partial charge in [0.25, 0.3) is 0 Å². The Morgan fingerprint density at radius 2 is 2.20 bits per heavy atom. The van der Waals surface area contributed by atoms with Gasteiger partial charge in [-0.25, -0.2) is 0 Å². The lowest BCUT2D eigenvalue weighted by Gasteiger charge is -2.28. The van der Waals surface area contributed by atoms with Gasteiger partial charge in [0.2, 0.25) is 0 Å². The van der Waals surface area contributed by atoms with Gasteiger partial charge in [0.1, 0.15) is 6.07 Å². The number of aryl methyl sites for hydroxylation is 1. The van der Waals surface area contributed by atoms with Gasteiger partial charge in [-0.2, -0.15) is 5.26 Å². The van der Waals surface area contributed by atoms with E-state index < -0.39 is 0 Å². The lowest BCUT2D eigenvalue weighted by molar-refractivity contribution is 0.816. The largest absolute Gasteiger partial charge is 0.366 e. The Morgan fingerprint density at radius 3 is 2.87 bits per heavy atom. The third-order valence-electron chi connectivity index (χ3n) is 2.73. The molecule has 1 heterocycles. The van der Waals surface area contributed by atoms with Crippen molar-refractivity contribution >= 4 is 5.69 Å². The summed E-state index contributed by atoms with van der Waals surface area (Å²) in [5.74, 6) is 0. The molecule has 0 atom stereocenters. The van der Waals surface area contributed by atoms with Crippen molar-refractivity contribution in [2.45, 2.75) is 13.3 Å². The first kappa shape index (κ1) is 9.79. The van der Waals surface area contributed by atoms with E-state index in [0.29, 0.717) is 0 Å². The van der Waals surface area contributed by atoms with E-state index in [0.717, 1.165) is 30.8 Å². The molecule has 0 spiro atoms. The summed E-state index contributed by atoms with van der Waals surface area (Å²) < 4.78 is 0. The first-order valence-corrected chi connectivity index (χ1v) is 5.22. The molecular weight excluding hydrogens is 184 g/mol. The van der Waals surface area contributed by atoms with Crippen molar-refractivity contribution in [3.05, 3.63) is 41.5 Å². The Morgan fingerprint density at radius 1 is 1.33 bits per heavy atom. The van der Waals surface area contributed by atoms with Crippen molar-refractivity contribution in [3.63, 3.8) is 0 Å². The fourth-order valence-electron chi connectivity index (χ4n) is 2.01. The minimum absolute atomic E-state index is 0.783. The average molecular weight is 198 g/mol. The lowest BCUT2D eigenvalue weighted by atomic mass is 10.1. The van der Waals surface area contributed by atoms with Gasteiger partial charge in [-0.1, -0.05) is 24.3 Å². The molecule has 2 nitrogen and oxygen atoms in total. The molecule has 15 heavy (non-hydrogen) atoms. The van der Waals surface area contributed by atoms with Crippen LogP contribution in [0.15, 0.2) is 30.4 Å². The van der Waals surface area contributed by atoms with Crippen LogP contribution in [0.5, 0.6) is 0 Å². The highest BCUT2D eigenvalue weighted by Gasteiger charge is 2.13. The smallest absolute Gasteiger partial charge is 0.101 e. The van der Waals surface area contributed by atoms with Crippen molar-refractivity contribution in [2.75, 3.05) is 18.0 Å². The Bertz CT molecular complexity index is 427. The second-order valence-corrected chi connectivity index (χ2v) is 3.79. The number of benzene rings is 1. The zero-order valence-electron chi connectivity index (χ0n) is 8.90. The molecule has 0 bridgehead atoms. The summed E-state index contributed by atoms with van der Waals surface area (Å²) in [7, 11) is 0. The maximum Gasteiger partial charge on any atom is 0.101 e. The molecule has 0 fully saturated rings. The second kappa shape index (κ2) is 4.18. The zero-order valence-corrected chi connectivity index (χ0v) is 8.90. The maximum atomic E-state index is 9.08. The van der Waals surface area contributed by atoms with E-state index in [-0.39, 0.29) is 0 Å². The molecule has 0 saturated heterocycles. The van der Waals surface area contributed by atoms with Gasteiger partial charge < -0.3 is 4.90 Å². The third kappa shape index (κ3) is 1.87. The van der Waals surface area contributed by atoms with Gasteiger partial charge in [0.05, 0.1) is 11.3 Å².